The molecule has 1 fully saturated rings. The first kappa shape index (κ1) is 18.8. The Morgan fingerprint density at radius 3 is 2.63 bits per heavy atom. The molecular weight excluding hydrogens is 346 g/mol. The van der Waals surface area contributed by atoms with E-state index in [0.717, 1.165) is 0 Å². The van der Waals surface area contributed by atoms with Crippen LogP contribution in [0.5, 0.6) is 0 Å². The van der Waals surface area contributed by atoms with Gasteiger partial charge in [-0.3, -0.25) is 9.36 Å². The monoisotopic (exact) mass is 371 g/mol. The summed E-state index contributed by atoms with van der Waals surface area (Å²) in [7, 11) is 0. The number of hydrogen-bond donors (Lipinski definition) is 1. The van der Waals surface area contributed by atoms with E-state index in [2.05, 4.69) is 26.7 Å². The zero-order valence-corrected chi connectivity index (χ0v) is 16.2. The van der Waals surface area contributed by atoms with E-state index in [9.17, 15) is 9.59 Å². The van der Waals surface area contributed by atoms with E-state index in [-0.39, 0.29) is 11.7 Å². The number of nitrogens with one attached hydrogen (secondary N) is 1. The number of amides is 1. The molecule has 27 heavy (non-hydrogen) atoms. The third-order valence-electron chi connectivity index (χ3n) is 4.27. The summed E-state index contributed by atoms with van der Waals surface area (Å²) in [6.07, 6.45) is 1.29. The molecular formula is C19H25N5O3. The largest absolute Gasteiger partial charge is 0.444 e. The number of aromatic nitrogens is 3. The van der Waals surface area contributed by atoms with E-state index in [1.54, 1.807) is 24.1 Å². The molecule has 0 aromatic carbocycles. The van der Waals surface area contributed by atoms with Crippen molar-refractivity contribution in [2.24, 2.45) is 0 Å². The second-order valence-corrected chi connectivity index (χ2v) is 7.42. The minimum absolute atomic E-state index is 0.184. The second kappa shape index (κ2) is 7.35. The number of anilines is 1. The van der Waals surface area contributed by atoms with Gasteiger partial charge in [-0.25, -0.2) is 9.78 Å². The average molecular weight is 371 g/mol. The zero-order valence-electron chi connectivity index (χ0n) is 16.2. The lowest BCUT2D eigenvalue weighted by molar-refractivity contribution is 0.0240. The zero-order chi connectivity index (χ0) is 19.6. The summed E-state index contributed by atoms with van der Waals surface area (Å²) < 4.78 is 7.28. The molecule has 3 heterocycles. The Morgan fingerprint density at radius 2 is 2.00 bits per heavy atom. The van der Waals surface area contributed by atoms with Crippen LogP contribution < -0.4 is 10.5 Å². The molecule has 0 bridgehead atoms. The van der Waals surface area contributed by atoms with Gasteiger partial charge in [0, 0.05) is 32.4 Å². The fraction of sp³-hybridized carbons (Fsp3) is 0.526. The number of hydrogen-bond acceptors (Lipinski definition) is 5. The predicted octanol–water partition coefficient (Wildman–Crippen LogP) is 1.81. The molecule has 0 unspecified atom stereocenters. The lowest BCUT2D eigenvalue weighted by atomic mass is 10.2. The van der Waals surface area contributed by atoms with Crippen LogP contribution >= 0.6 is 0 Å². The smallest absolute Gasteiger partial charge is 0.410 e. The van der Waals surface area contributed by atoms with Crippen LogP contribution in [-0.2, 0) is 11.3 Å². The molecule has 1 saturated heterocycles. The molecule has 8 nitrogen and oxygen atoms in total. The fourth-order valence-electron chi connectivity index (χ4n) is 3.04. The van der Waals surface area contributed by atoms with Crippen LogP contribution in [0.4, 0.5) is 10.7 Å². The Hall–Kier alpha value is -2.95. The van der Waals surface area contributed by atoms with Crippen molar-refractivity contribution in [2.75, 3.05) is 31.1 Å². The Morgan fingerprint density at radius 1 is 1.30 bits per heavy atom. The highest BCUT2D eigenvalue weighted by atomic mass is 16.6. The minimum Gasteiger partial charge on any atom is -0.444 e. The quantitative estimate of drug-likeness (QED) is 0.814. The lowest BCUT2D eigenvalue weighted by Gasteiger charge is -2.36. The summed E-state index contributed by atoms with van der Waals surface area (Å²) in [6.45, 7) is 10.0. The first-order chi connectivity index (χ1) is 12.8. The van der Waals surface area contributed by atoms with E-state index >= 15 is 0 Å². The Balaban J connectivity index is 1.82. The van der Waals surface area contributed by atoms with E-state index < -0.39 is 5.60 Å². The highest BCUT2D eigenvalue weighted by Crippen LogP contribution is 2.22. The van der Waals surface area contributed by atoms with Gasteiger partial charge in [0.15, 0.2) is 0 Å². The number of aromatic amines is 1. The molecule has 8 heteroatoms. The molecule has 0 saturated carbocycles. The minimum atomic E-state index is -0.512. The van der Waals surface area contributed by atoms with Crippen molar-refractivity contribution in [2.45, 2.75) is 39.8 Å². The van der Waals surface area contributed by atoms with Gasteiger partial charge in [-0.05, 0) is 33.8 Å². The Labute approximate surface area is 158 Å². The topological polar surface area (TPSA) is 83.5 Å². The van der Waals surface area contributed by atoms with Crippen molar-refractivity contribution < 1.29 is 9.53 Å². The van der Waals surface area contributed by atoms with Gasteiger partial charge >= 0.3 is 6.09 Å². The van der Waals surface area contributed by atoms with Crippen LogP contribution in [0.25, 0.3) is 11.0 Å². The van der Waals surface area contributed by atoms with Crippen LogP contribution in [0, 0.1) is 11.8 Å². The van der Waals surface area contributed by atoms with Gasteiger partial charge in [0.05, 0.1) is 12.1 Å². The molecule has 0 spiro atoms. The highest BCUT2D eigenvalue weighted by Gasteiger charge is 2.28. The van der Waals surface area contributed by atoms with Crippen molar-refractivity contribution in [3.63, 3.8) is 0 Å². The third-order valence-corrected chi connectivity index (χ3v) is 4.27. The van der Waals surface area contributed by atoms with Crippen molar-refractivity contribution in [1.82, 2.24) is 19.4 Å². The summed E-state index contributed by atoms with van der Waals surface area (Å²) in [5.41, 5.74) is 0.463. The Kier molecular flexibility index (Phi) is 5.13. The summed E-state index contributed by atoms with van der Waals surface area (Å²) in [5, 5.41) is 0. The van der Waals surface area contributed by atoms with Crippen LogP contribution in [0.2, 0.25) is 0 Å². The highest BCUT2D eigenvalue weighted by molar-refractivity contribution is 5.78. The van der Waals surface area contributed by atoms with E-state index in [1.165, 1.54) is 0 Å². The van der Waals surface area contributed by atoms with Crippen molar-refractivity contribution >= 4 is 23.1 Å². The first-order valence-electron chi connectivity index (χ1n) is 9.00. The number of ether oxygens (including phenoxy) is 1. The maximum Gasteiger partial charge on any atom is 0.410 e. The van der Waals surface area contributed by atoms with E-state index in [1.807, 2.05) is 25.3 Å². The van der Waals surface area contributed by atoms with E-state index in [0.29, 0.717) is 49.7 Å². The molecule has 144 valence electrons. The summed E-state index contributed by atoms with van der Waals surface area (Å²) in [5.74, 6) is 6.58. The number of piperazine rings is 1. The summed E-state index contributed by atoms with van der Waals surface area (Å²) in [6, 6.07) is 1.78. The molecule has 0 radical (unpaired) electrons. The van der Waals surface area contributed by atoms with Crippen LogP contribution in [-0.4, -0.2) is 57.3 Å². The number of H-pyrrole nitrogens is 1. The summed E-state index contributed by atoms with van der Waals surface area (Å²) in [4.78, 5) is 35.7. The predicted molar refractivity (Wildman–Crippen MR) is 104 cm³/mol. The molecule has 2 aromatic heterocycles. The molecule has 2 aromatic rings. The Bertz CT molecular complexity index is 950. The van der Waals surface area contributed by atoms with Gasteiger partial charge in [0.2, 0.25) is 5.95 Å². The molecule has 0 atom stereocenters. The normalized spacial score (nSPS) is 14.8. The van der Waals surface area contributed by atoms with E-state index in [4.69, 9.17) is 4.74 Å². The molecule has 1 N–H and O–H groups in total. The standard InChI is InChI=1S/C19H25N5O3/c1-5-6-9-24-15-14(7-8-20-16(15)25)21-17(24)22-10-12-23(13-11-22)18(26)27-19(2,3)4/h7-8H,9-13H2,1-4H3,(H,20,25). The maximum absolute atomic E-state index is 12.3. The number of rotatable bonds is 2. The van der Waals surface area contributed by atoms with Gasteiger partial charge in [-0.2, -0.15) is 0 Å². The lowest BCUT2D eigenvalue weighted by Crippen LogP contribution is -2.50. The number of fused-ring (bicyclic) bond motifs is 1. The molecule has 1 amide bonds. The number of carbonyl (C=O) groups is 1. The number of imidazole rings is 1. The van der Waals surface area contributed by atoms with Crippen LogP contribution in [0.1, 0.15) is 27.7 Å². The summed E-state index contributed by atoms with van der Waals surface area (Å²) >= 11 is 0. The van der Waals surface area contributed by atoms with Crippen molar-refractivity contribution in [1.29, 1.82) is 0 Å². The van der Waals surface area contributed by atoms with Crippen molar-refractivity contribution in [3.8, 4) is 11.8 Å². The SMILES string of the molecule is CC#CCn1c(N2CCN(C(=O)OC(C)(C)C)CC2)nc2cc[nH]c(=O)c21. The van der Waals surface area contributed by atoms with Gasteiger partial charge in [0.1, 0.15) is 11.1 Å². The maximum atomic E-state index is 12.3. The first-order valence-corrected chi connectivity index (χ1v) is 9.00. The molecule has 1 aliphatic heterocycles. The molecule has 1 aliphatic rings. The number of carbonyl (C=O) groups excluding carboxylic acids is 1. The third kappa shape index (κ3) is 4.08. The molecule has 3 rings (SSSR count). The van der Waals surface area contributed by atoms with Gasteiger partial charge in [-0.15, -0.1) is 5.92 Å². The van der Waals surface area contributed by atoms with Crippen LogP contribution in [0.15, 0.2) is 17.1 Å². The fourth-order valence-corrected chi connectivity index (χ4v) is 3.04. The molecule has 0 aliphatic carbocycles. The van der Waals surface area contributed by atoms with Crippen LogP contribution in [0.3, 0.4) is 0 Å². The number of pyridine rings is 1. The number of nitrogens with zero attached hydrogens (tertiary/aromatic N) is 4. The van der Waals surface area contributed by atoms with Crippen molar-refractivity contribution in [3.05, 3.63) is 22.6 Å². The average Bonchev–Trinajstić information content (AvgIpc) is 2.98. The van der Waals surface area contributed by atoms with Gasteiger partial charge in [0.25, 0.3) is 5.56 Å². The van der Waals surface area contributed by atoms with Gasteiger partial charge < -0.3 is 19.5 Å². The second-order valence-electron chi connectivity index (χ2n) is 7.42. The van der Waals surface area contributed by atoms with Gasteiger partial charge in [-0.1, -0.05) is 5.92 Å².